The van der Waals surface area contributed by atoms with E-state index in [4.69, 9.17) is 9.47 Å². The molecule has 2 aromatic rings. The molecule has 0 unspecified atom stereocenters. The van der Waals surface area contributed by atoms with Gasteiger partial charge in [-0.15, -0.1) is 0 Å². The number of nitrogens with one attached hydrogen (secondary N) is 1. The van der Waals surface area contributed by atoms with Crippen LogP contribution in [0.3, 0.4) is 0 Å². The number of aryl methyl sites for hydroxylation is 1. The minimum absolute atomic E-state index is 0.165. The molecule has 0 aliphatic carbocycles. The van der Waals surface area contributed by atoms with E-state index in [9.17, 15) is 18.0 Å². The molecule has 0 aromatic heterocycles. The zero-order chi connectivity index (χ0) is 26.2. The van der Waals surface area contributed by atoms with Crippen LogP contribution in [-0.4, -0.2) is 64.7 Å². The van der Waals surface area contributed by atoms with E-state index in [1.807, 2.05) is 38.1 Å². The molecule has 2 amide bonds. The van der Waals surface area contributed by atoms with Crippen molar-refractivity contribution in [2.75, 3.05) is 37.9 Å². The molecule has 1 atom stereocenters. The van der Waals surface area contributed by atoms with Crippen molar-refractivity contribution in [3.05, 3.63) is 53.6 Å². The molecule has 0 fully saturated rings. The molecule has 0 saturated carbocycles. The summed E-state index contributed by atoms with van der Waals surface area (Å²) in [4.78, 5) is 27.9. The van der Waals surface area contributed by atoms with Gasteiger partial charge in [0.2, 0.25) is 21.8 Å². The van der Waals surface area contributed by atoms with Crippen LogP contribution in [0.5, 0.6) is 11.5 Å². The molecule has 2 aromatic carbocycles. The SMILES string of the molecule is CCNC(=O)[C@@H](CC)N(Cc1ccc(C)cc1)C(=O)CN(c1ccc(OC)c(OC)c1)S(C)(=O)=O. The number of benzene rings is 2. The Bertz CT molecular complexity index is 1120. The van der Waals surface area contributed by atoms with E-state index in [1.54, 1.807) is 19.1 Å². The molecule has 0 bridgehead atoms. The smallest absolute Gasteiger partial charge is 0.244 e. The highest BCUT2D eigenvalue weighted by atomic mass is 32.2. The topological polar surface area (TPSA) is 105 Å². The minimum Gasteiger partial charge on any atom is -0.493 e. The Hall–Kier alpha value is -3.27. The number of likely N-dealkylation sites (N-methyl/N-ethyl adjacent to an activating group) is 1. The molecule has 35 heavy (non-hydrogen) atoms. The monoisotopic (exact) mass is 505 g/mol. The number of carbonyl (C=O) groups is 2. The van der Waals surface area contributed by atoms with Gasteiger partial charge in [0.15, 0.2) is 11.5 Å². The van der Waals surface area contributed by atoms with Gasteiger partial charge in [-0.3, -0.25) is 13.9 Å². The quantitative estimate of drug-likeness (QED) is 0.476. The highest BCUT2D eigenvalue weighted by molar-refractivity contribution is 7.92. The second kappa shape index (κ2) is 12.4. The third-order valence-electron chi connectivity index (χ3n) is 5.54. The zero-order valence-corrected chi connectivity index (χ0v) is 22.0. The number of hydrogen-bond acceptors (Lipinski definition) is 6. The third-order valence-corrected chi connectivity index (χ3v) is 6.69. The molecule has 0 saturated heterocycles. The Morgan fingerprint density at radius 2 is 1.63 bits per heavy atom. The minimum atomic E-state index is -3.84. The fraction of sp³-hybridized carbons (Fsp3) is 0.440. The number of methoxy groups -OCH3 is 2. The lowest BCUT2D eigenvalue weighted by atomic mass is 10.1. The van der Waals surface area contributed by atoms with Gasteiger partial charge in [0.05, 0.1) is 26.2 Å². The second-order valence-corrected chi connectivity index (χ2v) is 10.0. The summed E-state index contributed by atoms with van der Waals surface area (Å²) in [5, 5.41) is 2.77. The molecule has 0 spiro atoms. The first-order valence-corrected chi connectivity index (χ1v) is 13.2. The Morgan fingerprint density at radius 3 is 2.14 bits per heavy atom. The lowest BCUT2D eigenvalue weighted by Gasteiger charge is -2.33. The largest absolute Gasteiger partial charge is 0.493 e. The van der Waals surface area contributed by atoms with Crippen LogP contribution in [0, 0.1) is 6.92 Å². The summed E-state index contributed by atoms with van der Waals surface area (Å²) in [6.45, 7) is 5.69. The van der Waals surface area contributed by atoms with Gasteiger partial charge in [0.25, 0.3) is 0 Å². The van der Waals surface area contributed by atoms with Crippen LogP contribution >= 0.6 is 0 Å². The summed E-state index contributed by atoms with van der Waals surface area (Å²) in [5.74, 6) is -0.0213. The molecule has 1 N–H and O–H groups in total. The molecule has 9 nitrogen and oxygen atoms in total. The summed E-state index contributed by atoms with van der Waals surface area (Å²) < 4.78 is 37.0. The number of amides is 2. The molecule has 0 aliphatic heterocycles. The van der Waals surface area contributed by atoms with E-state index >= 15 is 0 Å². The van der Waals surface area contributed by atoms with Crippen LogP contribution in [0.25, 0.3) is 0 Å². The van der Waals surface area contributed by atoms with Crippen molar-refractivity contribution in [1.82, 2.24) is 10.2 Å². The number of carbonyl (C=O) groups excluding carboxylic acids is 2. The van der Waals surface area contributed by atoms with Crippen molar-refractivity contribution in [3.63, 3.8) is 0 Å². The summed E-state index contributed by atoms with van der Waals surface area (Å²) in [6, 6.07) is 11.5. The van der Waals surface area contributed by atoms with E-state index in [1.165, 1.54) is 25.2 Å². The number of anilines is 1. The lowest BCUT2D eigenvalue weighted by Crippen LogP contribution is -2.52. The van der Waals surface area contributed by atoms with Gasteiger partial charge in [-0.1, -0.05) is 36.8 Å². The van der Waals surface area contributed by atoms with Crippen LogP contribution in [-0.2, 0) is 26.2 Å². The normalized spacial score (nSPS) is 11.9. The number of hydrogen-bond donors (Lipinski definition) is 1. The molecule has 2 rings (SSSR count). The van der Waals surface area contributed by atoms with Crippen LogP contribution in [0.15, 0.2) is 42.5 Å². The zero-order valence-electron chi connectivity index (χ0n) is 21.2. The van der Waals surface area contributed by atoms with Crippen LogP contribution in [0.1, 0.15) is 31.4 Å². The van der Waals surface area contributed by atoms with E-state index in [2.05, 4.69) is 5.32 Å². The summed E-state index contributed by atoms with van der Waals surface area (Å²) in [7, 11) is -0.923. The summed E-state index contributed by atoms with van der Waals surface area (Å²) in [6.07, 6.45) is 1.40. The Labute approximate surface area is 208 Å². The highest BCUT2D eigenvalue weighted by Crippen LogP contribution is 2.32. The van der Waals surface area contributed by atoms with Crippen molar-refractivity contribution < 1.29 is 27.5 Å². The highest BCUT2D eigenvalue weighted by Gasteiger charge is 2.31. The maximum Gasteiger partial charge on any atom is 0.244 e. The van der Waals surface area contributed by atoms with Crippen molar-refractivity contribution in [1.29, 1.82) is 0 Å². The third kappa shape index (κ3) is 7.35. The number of nitrogens with zero attached hydrogens (tertiary/aromatic N) is 2. The van der Waals surface area contributed by atoms with Gasteiger partial charge >= 0.3 is 0 Å². The summed E-state index contributed by atoms with van der Waals surface area (Å²) in [5.41, 5.74) is 2.16. The maximum atomic E-state index is 13.6. The Morgan fingerprint density at radius 1 is 1.00 bits per heavy atom. The van der Waals surface area contributed by atoms with Crippen LogP contribution in [0.4, 0.5) is 5.69 Å². The fourth-order valence-electron chi connectivity index (χ4n) is 3.70. The Balaban J connectivity index is 2.46. The molecular formula is C25H35N3O6S. The van der Waals surface area contributed by atoms with Crippen LogP contribution < -0.4 is 19.1 Å². The first-order chi connectivity index (χ1) is 16.5. The number of ether oxygens (including phenoxy) is 2. The van der Waals surface area contributed by atoms with Gasteiger partial charge in [0, 0.05) is 19.2 Å². The van der Waals surface area contributed by atoms with E-state index in [0.717, 1.165) is 21.7 Å². The first-order valence-electron chi connectivity index (χ1n) is 11.4. The number of sulfonamides is 1. The van der Waals surface area contributed by atoms with Gasteiger partial charge < -0.3 is 19.7 Å². The predicted octanol–water partition coefficient (Wildman–Crippen LogP) is 2.72. The van der Waals surface area contributed by atoms with Crippen molar-refractivity contribution in [2.24, 2.45) is 0 Å². The van der Waals surface area contributed by atoms with Crippen molar-refractivity contribution >= 4 is 27.5 Å². The van der Waals surface area contributed by atoms with E-state index < -0.39 is 28.5 Å². The lowest BCUT2D eigenvalue weighted by molar-refractivity contribution is -0.140. The Kier molecular flexibility index (Phi) is 9.94. The van der Waals surface area contributed by atoms with E-state index in [-0.39, 0.29) is 18.1 Å². The van der Waals surface area contributed by atoms with Crippen molar-refractivity contribution in [2.45, 2.75) is 39.8 Å². The summed E-state index contributed by atoms with van der Waals surface area (Å²) >= 11 is 0. The molecular weight excluding hydrogens is 470 g/mol. The first kappa shape index (κ1) is 28.0. The van der Waals surface area contributed by atoms with Gasteiger partial charge in [-0.05, 0) is 38.0 Å². The average Bonchev–Trinajstić information content (AvgIpc) is 2.82. The average molecular weight is 506 g/mol. The predicted molar refractivity (Wildman–Crippen MR) is 136 cm³/mol. The number of rotatable bonds is 12. The van der Waals surface area contributed by atoms with Gasteiger partial charge in [0.1, 0.15) is 12.6 Å². The van der Waals surface area contributed by atoms with E-state index in [0.29, 0.717) is 24.5 Å². The molecule has 0 radical (unpaired) electrons. The molecule has 0 aliphatic rings. The molecule has 10 heteroatoms. The maximum absolute atomic E-state index is 13.6. The van der Waals surface area contributed by atoms with Crippen LogP contribution in [0.2, 0.25) is 0 Å². The van der Waals surface area contributed by atoms with Crippen molar-refractivity contribution in [3.8, 4) is 11.5 Å². The second-order valence-electron chi connectivity index (χ2n) is 8.13. The van der Waals surface area contributed by atoms with Gasteiger partial charge in [-0.25, -0.2) is 8.42 Å². The van der Waals surface area contributed by atoms with Gasteiger partial charge in [-0.2, -0.15) is 0 Å². The molecule has 0 heterocycles. The standard InChI is InChI=1S/C25H35N3O6S/c1-7-21(25(30)26-8-2)27(16-19-11-9-18(3)10-12-19)24(29)17-28(35(6,31)32)20-13-14-22(33-4)23(15-20)34-5/h9-15,21H,7-8,16-17H2,1-6H3,(H,26,30)/t21-/m1/s1. The fourth-order valence-corrected chi connectivity index (χ4v) is 4.54. The molecule has 192 valence electrons.